The molecule has 2 aromatic rings. The second-order valence-electron chi connectivity index (χ2n) is 6.48. The molecule has 0 bridgehead atoms. The summed E-state index contributed by atoms with van der Waals surface area (Å²) in [5.74, 6) is -0.729. The summed E-state index contributed by atoms with van der Waals surface area (Å²) < 4.78 is 27.4. The highest BCUT2D eigenvalue weighted by atomic mass is 19.1. The predicted molar refractivity (Wildman–Crippen MR) is 92.8 cm³/mol. The molecule has 0 aliphatic carbocycles. The Labute approximate surface area is 145 Å². The Morgan fingerprint density at radius 2 is 2.00 bits per heavy atom. The van der Waals surface area contributed by atoms with Gasteiger partial charge in [-0.3, -0.25) is 4.90 Å². The van der Waals surface area contributed by atoms with Crippen LogP contribution in [0.15, 0.2) is 42.5 Å². The smallest absolute Gasteiger partial charge is 0.411 e. The Balaban J connectivity index is 2.00. The van der Waals surface area contributed by atoms with Crippen LogP contribution in [0.3, 0.4) is 0 Å². The average Bonchev–Trinajstić information content (AvgIpc) is 2.98. The van der Waals surface area contributed by atoms with Crippen molar-refractivity contribution < 1.29 is 18.7 Å². The van der Waals surface area contributed by atoms with Crippen molar-refractivity contribution in [2.75, 3.05) is 31.6 Å². The van der Waals surface area contributed by atoms with Gasteiger partial charge in [-0.15, -0.1) is 0 Å². The molecule has 1 N–H and O–H groups in total. The Morgan fingerprint density at radius 1 is 1.24 bits per heavy atom. The number of carboxylic acid groups (broad SMARTS) is 1. The zero-order chi connectivity index (χ0) is 18.0. The molecule has 1 aliphatic heterocycles. The van der Waals surface area contributed by atoms with E-state index in [2.05, 4.69) is 4.90 Å². The van der Waals surface area contributed by atoms with Crippen LogP contribution in [0, 0.1) is 17.6 Å². The standard InChI is InChI=1S/C19H20F2N2O2/c1-22-8-7-13(11-22)12-23(19(24)25)18-6-5-16(21)10-17(18)14-3-2-4-15(20)9-14/h2-6,9-10,13H,7-8,11-12H2,1H3,(H,24,25). The number of hydrogen-bond acceptors (Lipinski definition) is 2. The largest absolute Gasteiger partial charge is 0.465 e. The molecule has 1 atom stereocenters. The van der Waals surface area contributed by atoms with E-state index in [9.17, 15) is 18.7 Å². The molecular formula is C19H20F2N2O2. The molecule has 1 fully saturated rings. The minimum absolute atomic E-state index is 0.214. The lowest BCUT2D eigenvalue weighted by Gasteiger charge is -2.25. The predicted octanol–water partition coefficient (Wildman–Crippen LogP) is 4.07. The zero-order valence-electron chi connectivity index (χ0n) is 14.0. The van der Waals surface area contributed by atoms with Crippen LogP contribution in [0.2, 0.25) is 0 Å². The van der Waals surface area contributed by atoms with E-state index >= 15 is 0 Å². The number of rotatable bonds is 4. The summed E-state index contributed by atoms with van der Waals surface area (Å²) in [6, 6.07) is 9.67. The fraction of sp³-hybridized carbons (Fsp3) is 0.316. The van der Waals surface area contributed by atoms with Gasteiger partial charge in [-0.05, 0) is 61.8 Å². The summed E-state index contributed by atoms with van der Waals surface area (Å²) in [5.41, 5.74) is 1.19. The van der Waals surface area contributed by atoms with Crippen LogP contribution in [0.25, 0.3) is 11.1 Å². The van der Waals surface area contributed by atoms with Crippen molar-refractivity contribution in [2.24, 2.45) is 5.92 Å². The molecule has 4 nitrogen and oxygen atoms in total. The van der Waals surface area contributed by atoms with E-state index in [0.717, 1.165) is 19.5 Å². The van der Waals surface area contributed by atoms with Gasteiger partial charge >= 0.3 is 6.09 Å². The Bertz CT molecular complexity index is 782. The van der Waals surface area contributed by atoms with E-state index in [4.69, 9.17) is 0 Å². The summed E-state index contributed by atoms with van der Waals surface area (Å²) in [6.45, 7) is 2.08. The molecule has 1 unspecified atom stereocenters. The van der Waals surface area contributed by atoms with E-state index in [0.29, 0.717) is 23.4 Å². The van der Waals surface area contributed by atoms with Crippen LogP contribution < -0.4 is 4.90 Å². The average molecular weight is 346 g/mol. The molecule has 0 saturated carbocycles. The minimum atomic E-state index is -1.10. The Kier molecular flexibility index (Phi) is 4.99. The van der Waals surface area contributed by atoms with Crippen molar-refractivity contribution in [3.63, 3.8) is 0 Å². The van der Waals surface area contributed by atoms with Crippen LogP contribution in [-0.2, 0) is 0 Å². The van der Waals surface area contributed by atoms with Crippen molar-refractivity contribution in [1.29, 1.82) is 0 Å². The number of amides is 1. The third-order valence-corrected chi connectivity index (χ3v) is 4.55. The first-order chi connectivity index (χ1) is 11.9. The molecule has 132 valence electrons. The van der Waals surface area contributed by atoms with E-state index in [1.807, 2.05) is 7.05 Å². The highest BCUT2D eigenvalue weighted by Gasteiger charge is 2.27. The number of nitrogens with zero attached hydrogens (tertiary/aromatic N) is 2. The molecule has 1 saturated heterocycles. The number of carbonyl (C=O) groups is 1. The first-order valence-corrected chi connectivity index (χ1v) is 8.18. The van der Waals surface area contributed by atoms with Crippen molar-refractivity contribution in [2.45, 2.75) is 6.42 Å². The molecule has 1 heterocycles. The van der Waals surface area contributed by atoms with E-state index < -0.39 is 17.7 Å². The zero-order valence-corrected chi connectivity index (χ0v) is 14.0. The number of likely N-dealkylation sites (tertiary alicyclic amines) is 1. The topological polar surface area (TPSA) is 43.8 Å². The fourth-order valence-electron chi connectivity index (χ4n) is 3.34. The summed E-state index contributed by atoms with van der Waals surface area (Å²) in [7, 11) is 2.00. The SMILES string of the molecule is CN1CCC(CN(C(=O)O)c2ccc(F)cc2-c2cccc(F)c2)C1. The van der Waals surface area contributed by atoms with Crippen LogP contribution in [0.5, 0.6) is 0 Å². The Morgan fingerprint density at radius 3 is 2.64 bits per heavy atom. The third kappa shape index (κ3) is 3.96. The van der Waals surface area contributed by atoms with E-state index in [1.165, 1.54) is 41.3 Å². The van der Waals surface area contributed by atoms with Crippen LogP contribution in [0.4, 0.5) is 19.3 Å². The molecule has 2 aromatic carbocycles. The summed E-state index contributed by atoms with van der Waals surface area (Å²) in [4.78, 5) is 15.2. The molecule has 0 spiro atoms. The van der Waals surface area contributed by atoms with Gasteiger partial charge in [0.1, 0.15) is 11.6 Å². The van der Waals surface area contributed by atoms with Crippen LogP contribution in [-0.4, -0.2) is 42.8 Å². The first kappa shape index (κ1) is 17.4. The number of hydrogen-bond donors (Lipinski definition) is 1. The van der Waals surface area contributed by atoms with Gasteiger partial charge in [-0.25, -0.2) is 13.6 Å². The summed E-state index contributed by atoms with van der Waals surface area (Å²) in [6.07, 6.45) is -0.185. The lowest BCUT2D eigenvalue weighted by Crippen LogP contribution is -2.35. The van der Waals surface area contributed by atoms with Crippen LogP contribution in [0.1, 0.15) is 6.42 Å². The van der Waals surface area contributed by atoms with Gasteiger partial charge in [0.2, 0.25) is 0 Å². The van der Waals surface area contributed by atoms with Crippen molar-refractivity contribution >= 4 is 11.8 Å². The van der Waals surface area contributed by atoms with Gasteiger partial charge in [0.05, 0.1) is 5.69 Å². The van der Waals surface area contributed by atoms with Gasteiger partial charge in [0.25, 0.3) is 0 Å². The molecule has 1 aliphatic rings. The van der Waals surface area contributed by atoms with Gasteiger partial charge in [0, 0.05) is 18.7 Å². The van der Waals surface area contributed by atoms with Crippen LogP contribution >= 0.6 is 0 Å². The minimum Gasteiger partial charge on any atom is -0.465 e. The maximum absolute atomic E-state index is 13.8. The van der Waals surface area contributed by atoms with Crippen molar-refractivity contribution in [3.8, 4) is 11.1 Å². The van der Waals surface area contributed by atoms with Gasteiger partial charge in [0.15, 0.2) is 0 Å². The molecule has 0 aromatic heterocycles. The normalized spacial score (nSPS) is 17.6. The number of halogens is 2. The molecule has 6 heteroatoms. The van der Waals surface area contributed by atoms with Crippen molar-refractivity contribution in [1.82, 2.24) is 4.90 Å². The van der Waals surface area contributed by atoms with Crippen molar-refractivity contribution in [3.05, 3.63) is 54.1 Å². The monoisotopic (exact) mass is 346 g/mol. The molecule has 0 radical (unpaired) electrons. The first-order valence-electron chi connectivity index (χ1n) is 8.18. The quantitative estimate of drug-likeness (QED) is 0.908. The van der Waals surface area contributed by atoms with Gasteiger partial charge in [-0.2, -0.15) is 0 Å². The van der Waals surface area contributed by atoms with E-state index in [-0.39, 0.29) is 5.92 Å². The van der Waals surface area contributed by atoms with Gasteiger partial charge < -0.3 is 10.0 Å². The number of anilines is 1. The number of benzene rings is 2. The maximum atomic E-state index is 13.8. The summed E-state index contributed by atoms with van der Waals surface area (Å²) >= 11 is 0. The second-order valence-corrected chi connectivity index (χ2v) is 6.48. The molecule has 25 heavy (non-hydrogen) atoms. The fourth-order valence-corrected chi connectivity index (χ4v) is 3.34. The molecular weight excluding hydrogens is 326 g/mol. The lowest BCUT2D eigenvalue weighted by molar-refractivity contribution is 0.200. The molecule has 1 amide bonds. The summed E-state index contributed by atoms with van der Waals surface area (Å²) in [5, 5.41) is 9.69. The Hall–Kier alpha value is -2.47. The molecule has 3 rings (SSSR count). The van der Waals surface area contributed by atoms with Gasteiger partial charge in [-0.1, -0.05) is 12.1 Å². The van der Waals surface area contributed by atoms with E-state index in [1.54, 1.807) is 6.07 Å². The highest BCUT2D eigenvalue weighted by molar-refractivity contribution is 5.92. The maximum Gasteiger partial charge on any atom is 0.411 e. The third-order valence-electron chi connectivity index (χ3n) is 4.55. The second kappa shape index (κ2) is 7.19. The highest BCUT2D eigenvalue weighted by Crippen LogP contribution is 2.33. The lowest BCUT2D eigenvalue weighted by atomic mass is 10.0.